The molecule has 0 saturated carbocycles. The molecule has 0 saturated heterocycles. The van der Waals surface area contributed by atoms with Gasteiger partial charge in [-0.1, -0.05) is 36.4 Å². The summed E-state index contributed by atoms with van der Waals surface area (Å²) < 4.78 is 13.0. The second-order valence-corrected chi connectivity index (χ2v) is 4.63. The Balaban J connectivity index is 2.12. The summed E-state index contributed by atoms with van der Waals surface area (Å²) in [6.45, 7) is 2.18. The Labute approximate surface area is 117 Å². The van der Waals surface area contributed by atoms with Crippen molar-refractivity contribution in [3.8, 4) is 0 Å². The molecule has 0 amide bonds. The number of carboxylic acids is 1. The Morgan fingerprint density at radius 1 is 1.25 bits per heavy atom. The SMILES string of the molecule is Cc1cc(F)ccc1CNC(C(=O)O)c1ccccc1. The molecule has 4 heteroatoms. The van der Waals surface area contributed by atoms with Crippen LogP contribution >= 0.6 is 0 Å². The summed E-state index contributed by atoms with van der Waals surface area (Å²) in [6.07, 6.45) is 0. The zero-order chi connectivity index (χ0) is 14.5. The van der Waals surface area contributed by atoms with E-state index in [1.165, 1.54) is 12.1 Å². The molecule has 0 bridgehead atoms. The van der Waals surface area contributed by atoms with Gasteiger partial charge in [-0.25, -0.2) is 4.39 Å². The number of aliphatic carboxylic acids is 1. The predicted molar refractivity (Wildman–Crippen MR) is 74.8 cm³/mol. The van der Waals surface area contributed by atoms with Crippen LogP contribution in [0.2, 0.25) is 0 Å². The van der Waals surface area contributed by atoms with Gasteiger partial charge in [0.2, 0.25) is 0 Å². The van der Waals surface area contributed by atoms with Gasteiger partial charge in [0.05, 0.1) is 0 Å². The summed E-state index contributed by atoms with van der Waals surface area (Å²) >= 11 is 0. The Kier molecular flexibility index (Phi) is 4.48. The maximum Gasteiger partial charge on any atom is 0.325 e. The molecule has 0 fully saturated rings. The average Bonchev–Trinajstić information content (AvgIpc) is 2.42. The van der Waals surface area contributed by atoms with Crippen molar-refractivity contribution in [2.24, 2.45) is 0 Å². The highest BCUT2D eigenvalue weighted by Gasteiger charge is 2.18. The van der Waals surface area contributed by atoms with E-state index in [2.05, 4.69) is 5.32 Å². The Morgan fingerprint density at radius 3 is 2.55 bits per heavy atom. The molecule has 1 unspecified atom stereocenters. The van der Waals surface area contributed by atoms with Crippen LogP contribution in [0.1, 0.15) is 22.7 Å². The number of hydrogen-bond donors (Lipinski definition) is 2. The molecule has 20 heavy (non-hydrogen) atoms. The fraction of sp³-hybridized carbons (Fsp3) is 0.188. The van der Waals surface area contributed by atoms with Gasteiger partial charge in [0, 0.05) is 6.54 Å². The first kappa shape index (κ1) is 14.2. The van der Waals surface area contributed by atoms with E-state index in [4.69, 9.17) is 0 Å². The number of nitrogens with one attached hydrogen (secondary N) is 1. The third-order valence-corrected chi connectivity index (χ3v) is 3.18. The van der Waals surface area contributed by atoms with Gasteiger partial charge >= 0.3 is 5.97 Å². The molecule has 0 radical (unpaired) electrons. The highest BCUT2D eigenvalue weighted by Crippen LogP contribution is 2.15. The van der Waals surface area contributed by atoms with Crippen molar-refractivity contribution >= 4 is 5.97 Å². The van der Waals surface area contributed by atoms with Crippen LogP contribution in [0.25, 0.3) is 0 Å². The van der Waals surface area contributed by atoms with Gasteiger partial charge < -0.3 is 5.11 Å². The lowest BCUT2D eigenvalue weighted by Crippen LogP contribution is -2.28. The number of carboxylic acid groups (broad SMARTS) is 1. The number of rotatable bonds is 5. The van der Waals surface area contributed by atoms with Crippen LogP contribution in [-0.4, -0.2) is 11.1 Å². The standard InChI is InChI=1S/C16H16FNO2/c1-11-9-14(17)8-7-13(11)10-18-15(16(19)20)12-5-3-2-4-6-12/h2-9,15,18H,10H2,1H3,(H,19,20). The minimum atomic E-state index is -0.934. The van der Waals surface area contributed by atoms with E-state index in [0.29, 0.717) is 12.1 Å². The molecule has 0 aliphatic heterocycles. The molecule has 0 heterocycles. The zero-order valence-electron chi connectivity index (χ0n) is 11.1. The molecule has 2 aromatic carbocycles. The van der Waals surface area contributed by atoms with Crippen LogP contribution in [0.5, 0.6) is 0 Å². The second-order valence-electron chi connectivity index (χ2n) is 4.63. The summed E-state index contributed by atoms with van der Waals surface area (Å²) in [7, 11) is 0. The molecule has 2 rings (SSSR count). The van der Waals surface area contributed by atoms with E-state index < -0.39 is 12.0 Å². The number of halogens is 1. The topological polar surface area (TPSA) is 49.3 Å². The first-order valence-corrected chi connectivity index (χ1v) is 6.34. The van der Waals surface area contributed by atoms with E-state index in [1.54, 1.807) is 37.3 Å². The molecule has 0 aromatic heterocycles. The molecule has 104 valence electrons. The predicted octanol–water partition coefficient (Wildman–Crippen LogP) is 3.05. The van der Waals surface area contributed by atoms with Crippen LogP contribution < -0.4 is 5.32 Å². The molecule has 1 atom stereocenters. The van der Waals surface area contributed by atoms with Crippen molar-refractivity contribution in [3.05, 3.63) is 71.0 Å². The van der Waals surface area contributed by atoms with Gasteiger partial charge in [0.25, 0.3) is 0 Å². The normalized spacial score (nSPS) is 12.1. The van der Waals surface area contributed by atoms with Gasteiger partial charge in [-0.15, -0.1) is 0 Å². The van der Waals surface area contributed by atoms with E-state index in [9.17, 15) is 14.3 Å². The summed E-state index contributed by atoms with van der Waals surface area (Å²) in [4.78, 5) is 11.3. The molecule has 0 spiro atoms. The van der Waals surface area contributed by atoms with Gasteiger partial charge in [-0.3, -0.25) is 10.1 Å². The molecule has 3 nitrogen and oxygen atoms in total. The van der Waals surface area contributed by atoms with Crippen molar-refractivity contribution in [2.45, 2.75) is 19.5 Å². The highest BCUT2D eigenvalue weighted by atomic mass is 19.1. The minimum Gasteiger partial charge on any atom is -0.480 e. The molecular weight excluding hydrogens is 257 g/mol. The monoisotopic (exact) mass is 273 g/mol. The molecule has 2 N–H and O–H groups in total. The van der Waals surface area contributed by atoms with Gasteiger partial charge in [-0.2, -0.15) is 0 Å². The quantitative estimate of drug-likeness (QED) is 0.880. The maximum atomic E-state index is 13.0. The van der Waals surface area contributed by atoms with Crippen LogP contribution in [0.15, 0.2) is 48.5 Å². The van der Waals surface area contributed by atoms with Gasteiger partial charge in [0.15, 0.2) is 0 Å². The Hall–Kier alpha value is -2.20. The van der Waals surface area contributed by atoms with Crippen LogP contribution in [-0.2, 0) is 11.3 Å². The minimum absolute atomic E-state index is 0.288. The zero-order valence-corrected chi connectivity index (χ0v) is 11.1. The lowest BCUT2D eigenvalue weighted by molar-refractivity contribution is -0.139. The molecular formula is C16H16FNO2. The van der Waals surface area contributed by atoms with Crippen LogP contribution in [0.4, 0.5) is 4.39 Å². The van der Waals surface area contributed by atoms with Crippen molar-refractivity contribution in [1.82, 2.24) is 5.32 Å². The summed E-state index contributed by atoms with van der Waals surface area (Å²) in [5, 5.41) is 12.3. The average molecular weight is 273 g/mol. The van der Waals surface area contributed by atoms with Crippen molar-refractivity contribution in [1.29, 1.82) is 0 Å². The van der Waals surface area contributed by atoms with E-state index in [1.807, 2.05) is 6.07 Å². The second kappa shape index (κ2) is 6.30. The fourth-order valence-electron chi connectivity index (χ4n) is 2.06. The Morgan fingerprint density at radius 2 is 1.95 bits per heavy atom. The summed E-state index contributed by atoms with van der Waals surface area (Å²) in [6, 6.07) is 12.7. The third-order valence-electron chi connectivity index (χ3n) is 3.18. The number of hydrogen-bond acceptors (Lipinski definition) is 2. The van der Waals surface area contributed by atoms with Crippen LogP contribution in [0.3, 0.4) is 0 Å². The molecule has 2 aromatic rings. The lowest BCUT2D eigenvalue weighted by atomic mass is 10.1. The van der Waals surface area contributed by atoms with E-state index in [0.717, 1.165) is 11.1 Å². The van der Waals surface area contributed by atoms with Crippen molar-refractivity contribution in [3.63, 3.8) is 0 Å². The first-order chi connectivity index (χ1) is 9.58. The highest BCUT2D eigenvalue weighted by molar-refractivity contribution is 5.75. The molecule has 0 aliphatic rings. The van der Waals surface area contributed by atoms with Gasteiger partial charge in [-0.05, 0) is 35.7 Å². The first-order valence-electron chi connectivity index (χ1n) is 6.34. The maximum absolute atomic E-state index is 13.0. The van der Waals surface area contributed by atoms with Crippen LogP contribution in [0, 0.1) is 12.7 Å². The van der Waals surface area contributed by atoms with E-state index >= 15 is 0 Å². The van der Waals surface area contributed by atoms with Crippen molar-refractivity contribution < 1.29 is 14.3 Å². The smallest absolute Gasteiger partial charge is 0.325 e. The Bertz CT molecular complexity index is 599. The largest absolute Gasteiger partial charge is 0.480 e. The lowest BCUT2D eigenvalue weighted by Gasteiger charge is -2.16. The van der Waals surface area contributed by atoms with Gasteiger partial charge in [0.1, 0.15) is 11.9 Å². The third kappa shape index (κ3) is 3.42. The van der Waals surface area contributed by atoms with Crippen molar-refractivity contribution in [2.75, 3.05) is 0 Å². The number of carbonyl (C=O) groups is 1. The number of benzene rings is 2. The summed E-state index contributed by atoms with van der Waals surface area (Å²) in [5.41, 5.74) is 2.38. The fourth-order valence-corrected chi connectivity index (χ4v) is 2.06. The van der Waals surface area contributed by atoms with E-state index in [-0.39, 0.29) is 5.82 Å². The molecule has 0 aliphatic carbocycles. The summed E-state index contributed by atoms with van der Waals surface area (Å²) in [5.74, 6) is -1.22. The number of aryl methyl sites for hydroxylation is 1.